The second kappa shape index (κ2) is 5.39. The second-order valence-electron chi connectivity index (χ2n) is 3.64. The van der Waals surface area contributed by atoms with Gasteiger partial charge in [0.1, 0.15) is 17.8 Å². The molecule has 0 bridgehead atoms. The summed E-state index contributed by atoms with van der Waals surface area (Å²) in [7, 11) is 1.56. The van der Waals surface area contributed by atoms with E-state index in [4.69, 9.17) is 4.74 Å². The van der Waals surface area contributed by atoms with E-state index in [0.29, 0.717) is 11.6 Å². The molecule has 94 valence electrons. The predicted octanol–water partition coefficient (Wildman–Crippen LogP) is 1.68. The van der Waals surface area contributed by atoms with Crippen LogP contribution in [0.25, 0.3) is 11.4 Å². The molecule has 2 heterocycles. The van der Waals surface area contributed by atoms with Gasteiger partial charge >= 0.3 is 0 Å². The molecule has 1 N–H and O–H groups in total. The fourth-order valence-electron chi connectivity index (χ4n) is 1.67. The Morgan fingerprint density at radius 2 is 1.89 bits per heavy atom. The molecule has 0 aliphatic carbocycles. The molecule has 6 heteroatoms. The van der Waals surface area contributed by atoms with Crippen molar-refractivity contribution in [1.29, 1.82) is 0 Å². The van der Waals surface area contributed by atoms with Gasteiger partial charge in [-0.2, -0.15) is 0 Å². The largest absolute Gasteiger partial charge is 0.479 e. The first-order chi connectivity index (χ1) is 8.77. The minimum atomic E-state index is 0.460. The number of ether oxygens (including phenoxy) is 1. The van der Waals surface area contributed by atoms with Gasteiger partial charge in [-0.3, -0.25) is 0 Å². The zero-order chi connectivity index (χ0) is 13.0. The van der Waals surface area contributed by atoms with Gasteiger partial charge in [0, 0.05) is 24.5 Å². The summed E-state index contributed by atoms with van der Waals surface area (Å²) in [5.74, 6) is 1.26. The van der Waals surface area contributed by atoms with Gasteiger partial charge in [0.2, 0.25) is 5.88 Å². The lowest BCUT2D eigenvalue weighted by atomic mass is 10.2. The van der Waals surface area contributed by atoms with Crippen molar-refractivity contribution in [3.63, 3.8) is 0 Å². The van der Waals surface area contributed by atoms with Crippen LogP contribution in [0.3, 0.4) is 0 Å². The first-order valence-electron chi connectivity index (χ1n) is 5.68. The summed E-state index contributed by atoms with van der Waals surface area (Å²) in [5.41, 5.74) is 2.28. The van der Waals surface area contributed by atoms with Crippen LogP contribution < -0.4 is 10.1 Å². The number of aromatic nitrogens is 4. The van der Waals surface area contributed by atoms with Gasteiger partial charge in [0.15, 0.2) is 5.69 Å². The topological polar surface area (TPSA) is 72.8 Å². The Morgan fingerprint density at radius 3 is 2.61 bits per heavy atom. The number of hydrogen-bond acceptors (Lipinski definition) is 6. The van der Waals surface area contributed by atoms with Crippen molar-refractivity contribution in [2.75, 3.05) is 19.0 Å². The zero-order valence-corrected chi connectivity index (χ0v) is 10.6. The Morgan fingerprint density at radius 1 is 1.11 bits per heavy atom. The van der Waals surface area contributed by atoms with Crippen molar-refractivity contribution in [3.05, 3.63) is 24.3 Å². The summed E-state index contributed by atoms with van der Waals surface area (Å²) >= 11 is 0. The monoisotopic (exact) mass is 245 g/mol. The van der Waals surface area contributed by atoms with Gasteiger partial charge < -0.3 is 10.1 Å². The summed E-state index contributed by atoms with van der Waals surface area (Å²) in [6, 6.07) is 0. The van der Waals surface area contributed by atoms with Crippen LogP contribution in [0.15, 0.2) is 18.7 Å². The number of rotatable bonds is 4. The molecule has 2 aromatic heterocycles. The van der Waals surface area contributed by atoms with Gasteiger partial charge in [0.05, 0.1) is 7.11 Å². The van der Waals surface area contributed by atoms with Crippen LogP contribution in [0.5, 0.6) is 5.88 Å². The maximum absolute atomic E-state index is 5.20. The Hall–Kier alpha value is -2.24. The number of hydrogen-bond donors (Lipinski definition) is 1. The van der Waals surface area contributed by atoms with Crippen molar-refractivity contribution < 1.29 is 4.74 Å². The number of nitrogens with zero attached hydrogens (tertiary/aromatic N) is 4. The zero-order valence-electron chi connectivity index (χ0n) is 10.6. The Balaban J connectivity index is 2.53. The smallest absolute Gasteiger partial charge is 0.241 e. The Bertz CT molecular complexity index is 544. The van der Waals surface area contributed by atoms with E-state index in [2.05, 4.69) is 25.3 Å². The van der Waals surface area contributed by atoms with Gasteiger partial charge in [-0.1, -0.05) is 0 Å². The van der Waals surface area contributed by atoms with Crippen molar-refractivity contribution in [1.82, 2.24) is 19.9 Å². The number of anilines is 1. The summed E-state index contributed by atoms with van der Waals surface area (Å²) in [6.07, 6.45) is 4.71. The van der Waals surface area contributed by atoms with Crippen LogP contribution in [-0.4, -0.2) is 33.6 Å². The standard InChI is InChI=1S/C12H15N5O/c1-4-13-11-8(2)9(16-7-17-11)10-12(18-3)15-6-5-14-10/h5-7H,4H2,1-3H3,(H,13,16,17). The molecule has 0 saturated carbocycles. The highest BCUT2D eigenvalue weighted by Crippen LogP contribution is 2.28. The maximum atomic E-state index is 5.20. The first kappa shape index (κ1) is 12.2. The highest BCUT2D eigenvalue weighted by Gasteiger charge is 2.14. The first-order valence-corrected chi connectivity index (χ1v) is 5.68. The molecule has 0 atom stereocenters. The number of nitrogens with one attached hydrogen (secondary N) is 1. The van der Waals surface area contributed by atoms with E-state index in [-0.39, 0.29) is 0 Å². The van der Waals surface area contributed by atoms with E-state index in [0.717, 1.165) is 23.6 Å². The molecule has 0 saturated heterocycles. The Kier molecular flexibility index (Phi) is 3.66. The summed E-state index contributed by atoms with van der Waals surface area (Å²) in [4.78, 5) is 16.9. The third kappa shape index (κ3) is 2.22. The molecule has 0 aliphatic rings. The summed E-state index contributed by atoms with van der Waals surface area (Å²) < 4.78 is 5.20. The predicted molar refractivity (Wildman–Crippen MR) is 68.5 cm³/mol. The minimum Gasteiger partial charge on any atom is -0.479 e. The highest BCUT2D eigenvalue weighted by molar-refractivity contribution is 5.68. The van der Waals surface area contributed by atoms with Crippen LogP contribution >= 0.6 is 0 Å². The molecule has 0 spiro atoms. The fraction of sp³-hybridized carbons (Fsp3) is 0.333. The van der Waals surface area contributed by atoms with E-state index >= 15 is 0 Å². The lowest BCUT2D eigenvalue weighted by molar-refractivity contribution is 0.397. The summed E-state index contributed by atoms with van der Waals surface area (Å²) in [5, 5.41) is 3.18. The normalized spacial score (nSPS) is 10.2. The molecular weight excluding hydrogens is 230 g/mol. The molecule has 0 aliphatic heterocycles. The third-order valence-electron chi connectivity index (χ3n) is 2.51. The quantitative estimate of drug-likeness (QED) is 0.883. The highest BCUT2D eigenvalue weighted by atomic mass is 16.5. The maximum Gasteiger partial charge on any atom is 0.241 e. The second-order valence-corrected chi connectivity index (χ2v) is 3.64. The average molecular weight is 245 g/mol. The van der Waals surface area contributed by atoms with Crippen LogP contribution in [0.4, 0.5) is 5.82 Å². The van der Waals surface area contributed by atoms with Crippen molar-refractivity contribution in [2.24, 2.45) is 0 Å². The molecule has 6 nitrogen and oxygen atoms in total. The SMILES string of the molecule is CCNc1ncnc(-c2nccnc2OC)c1C. The molecular formula is C12H15N5O. The molecule has 0 unspecified atom stereocenters. The van der Waals surface area contributed by atoms with Crippen molar-refractivity contribution in [2.45, 2.75) is 13.8 Å². The van der Waals surface area contributed by atoms with Crippen molar-refractivity contribution in [3.8, 4) is 17.3 Å². The molecule has 0 aromatic carbocycles. The molecule has 2 aromatic rings. The third-order valence-corrected chi connectivity index (χ3v) is 2.51. The van der Waals surface area contributed by atoms with Crippen LogP contribution in [0.1, 0.15) is 12.5 Å². The summed E-state index contributed by atoms with van der Waals surface area (Å²) in [6.45, 7) is 4.76. The van der Waals surface area contributed by atoms with Gasteiger partial charge in [-0.25, -0.2) is 19.9 Å². The molecule has 0 fully saturated rings. The molecule has 0 radical (unpaired) electrons. The van der Waals surface area contributed by atoms with Gasteiger partial charge in [0.25, 0.3) is 0 Å². The number of methoxy groups -OCH3 is 1. The lowest BCUT2D eigenvalue weighted by Crippen LogP contribution is -2.05. The Labute approximate surface area is 105 Å². The van der Waals surface area contributed by atoms with Crippen LogP contribution in [0.2, 0.25) is 0 Å². The van der Waals surface area contributed by atoms with Gasteiger partial charge in [-0.15, -0.1) is 0 Å². The van der Waals surface area contributed by atoms with Crippen molar-refractivity contribution >= 4 is 5.82 Å². The minimum absolute atomic E-state index is 0.460. The van der Waals surface area contributed by atoms with E-state index in [1.54, 1.807) is 19.5 Å². The van der Waals surface area contributed by atoms with E-state index in [1.807, 2.05) is 13.8 Å². The fourth-order valence-corrected chi connectivity index (χ4v) is 1.67. The van der Waals surface area contributed by atoms with Crippen LogP contribution in [0, 0.1) is 6.92 Å². The van der Waals surface area contributed by atoms with E-state index in [1.165, 1.54) is 6.33 Å². The molecule has 18 heavy (non-hydrogen) atoms. The molecule has 2 rings (SSSR count). The van der Waals surface area contributed by atoms with Crippen LogP contribution in [-0.2, 0) is 0 Å². The van der Waals surface area contributed by atoms with E-state index < -0.39 is 0 Å². The van der Waals surface area contributed by atoms with Gasteiger partial charge in [-0.05, 0) is 13.8 Å². The molecule has 0 amide bonds. The van der Waals surface area contributed by atoms with E-state index in [9.17, 15) is 0 Å². The lowest BCUT2D eigenvalue weighted by Gasteiger charge is -2.11. The average Bonchev–Trinajstić information content (AvgIpc) is 2.41.